The fourth-order valence-electron chi connectivity index (χ4n) is 6.35. The van der Waals surface area contributed by atoms with Gasteiger partial charge in [-0.25, -0.2) is 14.2 Å². The third kappa shape index (κ3) is 6.64. The van der Waals surface area contributed by atoms with Crippen molar-refractivity contribution in [2.24, 2.45) is 10.9 Å². The number of thiocarbonyl (C=S) groups is 1. The summed E-state index contributed by atoms with van der Waals surface area (Å²) in [7, 11) is 1.99. The maximum atomic E-state index is 14.7. The van der Waals surface area contributed by atoms with E-state index in [0.29, 0.717) is 65.8 Å². The highest BCUT2D eigenvalue weighted by Crippen LogP contribution is 2.36. The van der Waals surface area contributed by atoms with Crippen LogP contribution in [0.25, 0.3) is 0 Å². The molecule has 0 spiro atoms. The fourth-order valence-corrected chi connectivity index (χ4v) is 7.36. The number of benzene rings is 1. The van der Waals surface area contributed by atoms with Gasteiger partial charge in [-0.2, -0.15) is 0 Å². The van der Waals surface area contributed by atoms with Gasteiger partial charge in [0.1, 0.15) is 17.8 Å². The summed E-state index contributed by atoms with van der Waals surface area (Å²) >= 11 is 7.35. The Morgan fingerprint density at radius 2 is 2.14 bits per heavy atom. The SMILES string of the molecule is CCOC(=O)C1=C(CN2CCN(C(=S)N(C)C3CCC(C(O)=[OH+])C3)[C@H](C)C2)NC(c2nccs2)=N[C@H]1c1cccc(F)c1C. The second-order valence-corrected chi connectivity index (χ2v) is 12.9. The maximum absolute atomic E-state index is 14.7. The standard InChI is InChI=1S/C31H39FN6O4S2/c1-5-42-30(41)25-24(34-27(28-33-11-14-44-28)35-26(25)22-7-6-8-23(32)19(22)3)17-37-12-13-38(18(2)16-37)31(43)36(4)21-10-9-20(15-21)29(39)40/h6-8,11,14,18,20-21,26H,5,9-10,12-13,15-17H2,1-4H3,(H,34,35)(H,39,40)/p+1/t18-,20?,21?,26+/m1/s1. The minimum absolute atomic E-state index is 0.0947. The molecule has 1 aliphatic carbocycles. The van der Waals surface area contributed by atoms with E-state index >= 15 is 0 Å². The second kappa shape index (κ2) is 13.7. The quantitative estimate of drug-likeness (QED) is 0.251. The van der Waals surface area contributed by atoms with Crippen LogP contribution in [-0.4, -0.2) is 104 Å². The highest BCUT2D eigenvalue weighted by molar-refractivity contribution is 7.80. The molecule has 2 aliphatic heterocycles. The molecule has 2 fully saturated rings. The number of esters is 1. The molecular weight excluding hydrogens is 604 g/mol. The lowest BCUT2D eigenvalue weighted by Crippen LogP contribution is -2.58. The smallest absolute Gasteiger partial charge is 0.463 e. The number of carbonyl (C=O) groups is 1. The Kier molecular flexibility index (Phi) is 9.96. The number of thiazole rings is 1. The largest absolute Gasteiger partial charge is 0.483 e. The van der Waals surface area contributed by atoms with Crippen molar-refractivity contribution in [3.8, 4) is 0 Å². The molecule has 13 heteroatoms. The number of carboxylic acid groups (broad SMARTS) is 1. The Balaban J connectivity index is 1.39. The number of hydrogen-bond donors (Lipinski definition) is 2. The maximum Gasteiger partial charge on any atom is 0.483 e. The predicted molar refractivity (Wildman–Crippen MR) is 173 cm³/mol. The van der Waals surface area contributed by atoms with Crippen LogP contribution >= 0.6 is 23.6 Å². The average Bonchev–Trinajstić information content (AvgIpc) is 3.71. The Labute approximate surface area is 266 Å². The van der Waals surface area contributed by atoms with Crippen molar-refractivity contribution in [1.82, 2.24) is 25.0 Å². The van der Waals surface area contributed by atoms with Crippen LogP contribution in [0.1, 0.15) is 55.3 Å². The molecule has 5 rings (SSSR count). The van der Waals surface area contributed by atoms with E-state index in [-0.39, 0.29) is 30.4 Å². The zero-order chi connectivity index (χ0) is 31.5. The van der Waals surface area contributed by atoms with Crippen LogP contribution in [0.5, 0.6) is 0 Å². The third-order valence-electron chi connectivity index (χ3n) is 8.82. The molecule has 1 aromatic heterocycles. The summed E-state index contributed by atoms with van der Waals surface area (Å²) in [5.74, 6) is -1.00. The summed E-state index contributed by atoms with van der Waals surface area (Å²) < 4.78 is 20.3. The van der Waals surface area contributed by atoms with Crippen LogP contribution in [0.15, 0.2) is 46.0 Å². The number of nitrogens with one attached hydrogen (secondary N) is 1. The molecule has 2 unspecified atom stereocenters. The van der Waals surface area contributed by atoms with E-state index in [9.17, 15) is 19.1 Å². The van der Waals surface area contributed by atoms with E-state index in [1.807, 2.05) is 12.4 Å². The lowest BCUT2D eigenvalue weighted by Gasteiger charge is -2.44. The van der Waals surface area contributed by atoms with E-state index < -0.39 is 18.0 Å². The van der Waals surface area contributed by atoms with Crippen LogP contribution in [0.3, 0.4) is 0 Å². The highest BCUT2D eigenvalue weighted by Gasteiger charge is 2.39. The van der Waals surface area contributed by atoms with Gasteiger partial charge in [0, 0.05) is 62.6 Å². The monoisotopic (exact) mass is 643 g/mol. The van der Waals surface area contributed by atoms with Gasteiger partial charge < -0.3 is 29.8 Å². The van der Waals surface area contributed by atoms with Crippen molar-refractivity contribution in [3.05, 3.63) is 63.0 Å². The van der Waals surface area contributed by atoms with Crippen molar-refractivity contribution in [3.63, 3.8) is 0 Å². The molecule has 10 nitrogen and oxygen atoms in total. The molecular formula is C31H40FN6O4S2+. The summed E-state index contributed by atoms with van der Waals surface area (Å²) in [5.41, 5.74) is 2.07. The number of aliphatic carboxylic acids is 1. The van der Waals surface area contributed by atoms with Crippen LogP contribution in [0.4, 0.5) is 4.39 Å². The number of carbonyl (C=O) groups excluding carboxylic acids is 1. The van der Waals surface area contributed by atoms with Gasteiger partial charge in [-0.15, -0.1) is 11.3 Å². The second-order valence-electron chi connectivity index (χ2n) is 11.6. The average molecular weight is 644 g/mol. The normalized spacial score (nSPS) is 24.1. The lowest BCUT2D eigenvalue weighted by molar-refractivity contribution is -0.139. The van der Waals surface area contributed by atoms with Gasteiger partial charge >= 0.3 is 11.9 Å². The molecule has 1 saturated carbocycles. The third-order valence-corrected chi connectivity index (χ3v) is 10.1. The molecule has 3 aliphatic rings. The molecule has 0 amide bonds. The lowest BCUT2D eigenvalue weighted by atomic mass is 9.92. The Morgan fingerprint density at radius 3 is 2.80 bits per heavy atom. The number of hydrogen-bond acceptors (Lipinski definition) is 8. The van der Waals surface area contributed by atoms with Gasteiger partial charge in [-0.05, 0) is 69.4 Å². The molecule has 236 valence electrons. The first-order chi connectivity index (χ1) is 21.1. The Bertz CT molecular complexity index is 1460. The van der Waals surface area contributed by atoms with Crippen molar-refractivity contribution >= 4 is 46.4 Å². The first-order valence-electron chi connectivity index (χ1n) is 15.0. The number of carboxylic acids is 1. The van der Waals surface area contributed by atoms with Gasteiger partial charge in [-0.1, -0.05) is 12.1 Å². The van der Waals surface area contributed by atoms with Gasteiger partial charge in [0.2, 0.25) is 0 Å². The number of aromatic nitrogens is 1. The summed E-state index contributed by atoms with van der Waals surface area (Å²) in [5, 5.41) is 16.2. The number of aliphatic imine (C=N–C) groups is 1. The first-order valence-corrected chi connectivity index (χ1v) is 16.3. The fraction of sp³-hybridized carbons (Fsp3) is 0.516. The minimum atomic E-state index is -0.759. The Hall–Kier alpha value is -3.42. The van der Waals surface area contributed by atoms with Gasteiger partial charge in [0.25, 0.3) is 0 Å². The van der Waals surface area contributed by atoms with E-state index in [2.05, 4.69) is 31.9 Å². The number of halogens is 1. The molecule has 1 aromatic carbocycles. The van der Waals surface area contributed by atoms with Gasteiger partial charge in [0.05, 0.1) is 12.2 Å². The van der Waals surface area contributed by atoms with Crippen LogP contribution in [-0.2, 0) is 9.53 Å². The number of rotatable bonds is 8. The summed E-state index contributed by atoms with van der Waals surface area (Å²) in [6, 6.07) is 4.34. The summed E-state index contributed by atoms with van der Waals surface area (Å²) in [4.78, 5) is 39.0. The van der Waals surface area contributed by atoms with Crippen molar-refractivity contribution in [1.29, 1.82) is 0 Å². The van der Waals surface area contributed by atoms with E-state index in [0.717, 1.165) is 18.0 Å². The van der Waals surface area contributed by atoms with Crippen molar-refractivity contribution in [2.45, 2.75) is 58.2 Å². The van der Waals surface area contributed by atoms with E-state index in [1.165, 1.54) is 17.4 Å². The number of ether oxygens (including phenoxy) is 1. The zero-order valence-corrected chi connectivity index (χ0v) is 27.1. The summed E-state index contributed by atoms with van der Waals surface area (Å²) in [6.45, 7) is 8.31. The number of nitrogens with zero attached hydrogens (tertiary/aromatic N) is 5. The van der Waals surface area contributed by atoms with Crippen molar-refractivity contribution < 1.29 is 23.8 Å². The molecule has 2 aromatic rings. The molecule has 3 N–H and O–H groups in total. The molecule has 44 heavy (non-hydrogen) atoms. The number of aliphatic hydroxyl groups excluding tert-OH is 1. The number of piperazine rings is 1. The van der Waals surface area contributed by atoms with Gasteiger partial charge in [-0.3, -0.25) is 9.89 Å². The molecule has 4 atom stereocenters. The minimum Gasteiger partial charge on any atom is -0.463 e. The van der Waals surface area contributed by atoms with Crippen LogP contribution in [0, 0.1) is 18.7 Å². The van der Waals surface area contributed by atoms with Crippen LogP contribution < -0.4 is 5.32 Å². The van der Waals surface area contributed by atoms with E-state index in [4.69, 9.17) is 21.9 Å². The molecule has 3 heterocycles. The summed E-state index contributed by atoms with van der Waals surface area (Å²) in [6.07, 6.45) is 3.95. The zero-order valence-electron chi connectivity index (χ0n) is 25.5. The predicted octanol–water partition coefficient (Wildman–Crippen LogP) is 3.95. The van der Waals surface area contributed by atoms with Crippen molar-refractivity contribution in [2.75, 3.05) is 39.8 Å². The highest BCUT2D eigenvalue weighted by atomic mass is 32.1. The number of amidine groups is 1. The van der Waals surface area contributed by atoms with Gasteiger partial charge in [0.15, 0.2) is 16.0 Å². The van der Waals surface area contributed by atoms with E-state index in [1.54, 1.807) is 32.2 Å². The molecule has 0 radical (unpaired) electrons. The molecule has 1 saturated heterocycles. The first kappa shape index (κ1) is 32.0. The topological polar surface area (TPSA) is 115 Å². The van der Waals surface area contributed by atoms with Crippen LogP contribution in [0.2, 0.25) is 0 Å². The molecule has 0 bridgehead atoms. The Morgan fingerprint density at radius 1 is 1.34 bits per heavy atom.